The van der Waals surface area contributed by atoms with Crippen LogP contribution in [0.4, 0.5) is 0 Å². The van der Waals surface area contributed by atoms with Crippen LogP contribution in [0, 0.1) is 5.92 Å². The molecule has 3 aliphatic rings. The molecular formula is C18H23N3O2S2. The summed E-state index contributed by atoms with van der Waals surface area (Å²) in [7, 11) is -3.11. The van der Waals surface area contributed by atoms with Gasteiger partial charge in [0.2, 0.25) is 10.0 Å². The number of hydrogen-bond acceptors (Lipinski definition) is 5. The van der Waals surface area contributed by atoms with Crippen molar-refractivity contribution in [2.24, 2.45) is 5.92 Å². The quantitative estimate of drug-likeness (QED) is 0.822. The van der Waals surface area contributed by atoms with E-state index in [1.165, 1.54) is 11.1 Å². The molecule has 5 rings (SSSR count). The first-order valence-corrected chi connectivity index (χ1v) is 11.3. The van der Waals surface area contributed by atoms with E-state index >= 15 is 0 Å². The third-order valence-electron chi connectivity index (χ3n) is 5.20. The first kappa shape index (κ1) is 17.1. The summed E-state index contributed by atoms with van der Waals surface area (Å²) in [6.45, 7) is 3.14. The van der Waals surface area contributed by atoms with Crippen molar-refractivity contribution in [3.05, 3.63) is 41.4 Å². The van der Waals surface area contributed by atoms with Gasteiger partial charge in [0, 0.05) is 48.9 Å². The number of piperidine rings is 1. The lowest BCUT2D eigenvalue weighted by Crippen LogP contribution is -2.43. The third-order valence-corrected chi connectivity index (χ3v) is 7.46. The van der Waals surface area contributed by atoms with Gasteiger partial charge in [0.25, 0.3) is 0 Å². The van der Waals surface area contributed by atoms with E-state index in [4.69, 9.17) is 0 Å². The SMILES string of the molecule is CS(=O)(=O)N1C[C@@H]2CC[C@H](C1)N(Cc1cnc(-c3ccccc3)s1)C2. The highest BCUT2D eigenvalue weighted by Crippen LogP contribution is 2.32. The summed E-state index contributed by atoms with van der Waals surface area (Å²) >= 11 is 1.74. The monoisotopic (exact) mass is 377 g/mol. The second-order valence-electron chi connectivity index (χ2n) is 7.10. The molecule has 3 aliphatic heterocycles. The molecule has 0 amide bonds. The summed E-state index contributed by atoms with van der Waals surface area (Å²) in [5.41, 5.74) is 1.15. The van der Waals surface area contributed by atoms with E-state index in [9.17, 15) is 8.42 Å². The maximum Gasteiger partial charge on any atom is 0.211 e. The minimum Gasteiger partial charge on any atom is -0.294 e. The molecule has 7 heteroatoms. The van der Waals surface area contributed by atoms with Crippen LogP contribution in [0.2, 0.25) is 0 Å². The molecule has 0 aliphatic carbocycles. The van der Waals surface area contributed by atoms with Crippen molar-refractivity contribution in [2.75, 3.05) is 25.9 Å². The molecule has 4 heterocycles. The maximum atomic E-state index is 12.0. The molecule has 25 heavy (non-hydrogen) atoms. The predicted octanol–water partition coefficient (Wildman–Crippen LogP) is 2.67. The number of sulfonamides is 1. The van der Waals surface area contributed by atoms with Crippen LogP contribution in [0.1, 0.15) is 17.7 Å². The molecule has 134 valence electrons. The normalized spacial score (nSPS) is 25.2. The number of thiazole rings is 1. The van der Waals surface area contributed by atoms with Gasteiger partial charge < -0.3 is 0 Å². The summed E-state index contributed by atoms with van der Waals surface area (Å²) in [5, 5.41) is 1.05. The Hall–Kier alpha value is -1.28. The fourth-order valence-electron chi connectivity index (χ4n) is 3.90. The molecule has 0 saturated carbocycles. The van der Waals surface area contributed by atoms with Crippen LogP contribution in [0.3, 0.4) is 0 Å². The fraction of sp³-hybridized carbons (Fsp3) is 0.500. The largest absolute Gasteiger partial charge is 0.294 e. The van der Waals surface area contributed by atoms with Crippen LogP contribution >= 0.6 is 11.3 Å². The minimum absolute atomic E-state index is 0.316. The highest BCUT2D eigenvalue weighted by Gasteiger charge is 2.37. The van der Waals surface area contributed by atoms with Crippen molar-refractivity contribution in [3.8, 4) is 10.6 Å². The summed E-state index contributed by atoms with van der Waals surface area (Å²) in [6, 6.07) is 10.6. The molecule has 0 spiro atoms. The molecule has 5 nitrogen and oxygen atoms in total. The lowest BCUT2D eigenvalue weighted by Gasteiger charge is -2.35. The number of hydrogen-bond donors (Lipinski definition) is 0. The zero-order valence-corrected chi connectivity index (χ0v) is 16.0. The van der Waals surface area contributed by atoms with Gasteiger partial charge in [-0.3, -0.25) is 4.90 Å². The van der Waals surface area contributed by atoms with E-state index in [-0.39, 0.29) is 0 Å². The molecule has 0 unspecified atom stereocenters. The average molecular weight is 378 g/mol. The standard InChI is InChI=1S/C18H23N3O2S2/c1-25(22,23)21-11-14-7-8-16(12-21)20(10-14)13-17-9-19-18(24-17)15-5-3-2-4-6-15/h2-6,9,14,16H,7-8,10-13H2,1H3/t14-,16-/m1/s1. The highest BCUT2D eigenvalue weighted by atomic mass is 32.2. The summed E-state index contributed by atoms with van der Waals surface area (Å²) in [4.78, 5) is 8.28. The Morgan fingerprint density at radius 1 is 1.16 bits per heavy atom. The van der Waals surface area contributed by atoms with Gasteiger partial charge in [-0.25, -0.2) is 17.7 Å². The van der Waals surface area contributed by atoms with Crippen molar-refractivity contribution < 1.29 is 8.42 Å². The van der Waals surface area contributed by atoms with Crippen molar-refractivity contribution in [1.29, 1.82) is 0 Å². The molecule has 3 saturated heterocycles. The van der Waals surface area contributed by atoms with E-state index in [0.717, 1.165) is 36.5 Å². The molecule has 0 radical (unpaired) electrons. The summed E-state index contributed by atoms with van der Waals surface area (Å²) < 4.78 is 25.6. The van der Waals surface area contributed by atoms with Crippen LogP contribution in [-0.2, 0) is 16.6 Å². The Bertz CT molecular complexity index is 835. The number of fused-ring (bicyclic) bond motifs is 4. The number of nitrogens with zero attached hydrogens (tertiary/aromatic N) is 3. The smallest absolute Gasteiger partial charge is 0.211 e. The van der Waals surface area contributed by atoms with E-state index < -0.39 is 10.0 Å². The lowest BCUT2D eigenvalue weighted by atomic mass is 9.95. The topological polar surface area (TPSA) is 53.5 Å². The van der Waals surface area contributed by atoms with Crippen LogP contribution in [0.5, 0.6) is 0 Å². The Morgan fingerprint density at radius 3 is 2.72 bits per heavy atom. The molecule has 1 aromatic heterocycles. The molecule has 2 aromatic rings. The third kappa shape index (κ3) is 3.79. The summed E-state index contributed by atoms with van der Waals surface area (Å²) in [6.07, 6.45) is 5.52. The molecule has 0 N–H and O–H groups in total. The zero-order valence-electron chi connectivity index (χ0n) is 14.3. The van der Waals surface area contributed by atoms with Gasteiger partial charge in [-0.15, -0.1) is 11.3 Å². The lowest BCUT2D eigenvalue weighted by molar-refractivity contribution is 0.126. The van der Waals surface area contributed by atoms with Gasteiger partial charge in [-0.05, 0) is 18.8 Å². The molecule has 2 atom stereocenters. The Balaban J connectivity index is 1.49. The Kier molecular flexibility index (Phi) is 4.66. The van der Waals surface area contributed by atoms with Crippen molar-refractivity contribution in [1.82, 2.24) is 14.2 Å². The van der Waals surface area contributed by atoms with Gasteiger partial charge in [0.05, 0.1) is 6.26 Å². The van der Waals surface area contributed by atoms with E-state index in [1.807, 2.05) is 24.4 Å². The summed E-state index contributed by atoms with van der Waals surface area (Å²) in [5.74, 6) is 0.440. The van der Waals surface area contributed by atoms with Gasteiger partial charge >= 0.3 is 0 Å². The molecular weight excluding hydrogens is 354 g/mol. The average Bonchev–Trinajstić information content (AvgIpc) is 2.84. The Labute approximate surface area is 153 Å². The number of benzene rings is 1. The van der Waals surface area contributed by atoms with Crippen molar-refractivity contribution in [3.63, 3.8) is 0 Å². The van der Waals surface area contributed by atoms with Gasteiger partial charge in [0.1, 0.15) is 5.01 Å². The van der Waals surface area contributed by atoms with Crippen molar-refractivity contribution in [2.45, 2.75) is 25.4 Å². The van der Waals surface area contributed by atoms with Gasteiger partial charge in [-0.1, -0.05) is 30.3 Å². The second kappa shape index (κ2) is 6.79. The first-order chi connectivity index (χ1) is 12.0. The van der Waals surface area contributed by atoms with Crippen LogP contribution in [-0.4, -0.2) is 54.5 Å². The molecule has 1 aromatic carbocycles. The maximum absolute atomic E-state index is 12.0. The molecule has 3 fully saturated rings. The van der Waals surface area contributed by atoms with E-state index in [2.05, 4.69) is 22.0 Å². The number of rotatable bonds is 4. The first-order valence-electron chi connectivity index (χ1n) is 8.68. The van der Waals surface area contributed by atoms with Crippen LogP contribution < -0.4 is 0 Å². The van der Waals surface area contributed by atoms with E-state index in [0.29, 0.717) is 25.0 Å². The predicted molar refractivity (Wildman–Crippen MR) is 101 cm³/mol. The Morgan fingerprint density at radius 2 is 1.96 bits per heavy atom. The molecule has 2 bridgehead atoms. The fourth-order valence-corrected chi connectivity index (χ4v) is 5.76. The minimum atomic E-state index is -3.11. The number of aromatic nitrogens is 1. The van der Waals surface area contributed by atoms with Crippen LogP contribution in [0.25, 0.3) is 10.6 Å². The van der Waals surface area contributed by atoms with E-state index in [1.54, 1.807) is 15.6 Å². The van der Waals surface area contributed by atoms with Crippen LogP contribution in [0.15, 0.2) is 36.5 Å². The zero-order chi connectivity index (χ0) is 17.4. The second-order valence-corrected chi connectivity index (χ2v) is 10.2. The van der Waals surface area contributed by atoms with Gasteiger partial charge in [0.15, 0.2) is 0 Å². The van der Waals surface area contributed by atoms with Crippen molar-refractivity contribution >= 4 is 21.4 Å². The highest BCUT2D eigenvalue weighted by molar-refractivity contribution is 7.88. The van der Waals surface area contributed by atoms with Gasteiger partial charge in [-0.2, -0.15) is 0 Å².